The number of nitrogens with zero attached hydrogens (tertiary/aromatic N) is 1. The van der Waals surface area contributed by atoms with E-state index in [-0.39, 0.29) is 12.0 Å². The number of fused-ring (bicyclic) bond motifs is 1. The summed E-state index contributed by atoms with van der Waals surface area (Å²) >= 11 is 6.80. The summed E-state index contributed by atoms with van der Waals surface area (Å²) < 4.78 is 6.33. The van der Waals surface area contributed by atoms with E-state index in [1.165, 1.54) is 24.8 Å². The van der Waals surface area contributed by atoms with Gasteiger partial charge in [-0.25, -0.2) is 0 Å². The van der Waals surface area contributed by atoms with Gasteiger partial charge in [-0.05, 0) is 100 Å². The van der Waals surface area contributed by atoms with Gasteiger partial charge in [0.25, 0.3) is 0 Å². The zero-order valence-corrected chi connectivity index (χ0v) is 19.9. The fourth-order valence-electron chi connectivity index (χ4n) is 5.30. The normalized spacial score (nSPS) is 22.8. The largest absolute Gasteiger partial charge is 0.489 e. The number of ether oxygens (including phenoxy) is 1. The summed E-state index contributed by atoms with van der Waals surface area (Å²) in [5.41, 5.74) is 1.29. The molecular formula is C27H36ClNO3. The van der Waals surface area contributed by atoms with Crippen LogP contribution in [0.2, 0.25) is 5.02 Å². The number of rotatable bonds is 8. The van der Waals surface area contributed by atoms with Crippen molar-refractivity contribution in [3.05, 3.63) is 40.9 Å². The summed E-state index contributed by atoms with van der Waals surface area (Å²) in [4.78, 5) is 13.5. The standard InChI is InChI=1S/C27H36ClNO3/c1-2-19-6-10-23(11-7-19)32-25-12-9-21-8-5-20(18-24(21)26(25)28)4-3-15-29-16-13-22(14-17-29)27(30)31/h5,8-9,12,18-19,22-23H,2-4,6-7,10-11,13-17H2,1H3,(H,30,31). The van der Waals surface area contributed by atoms with Gasteiger partial charge in [0, 0.05) is 5.39 Å². The van der Waals surface area contributed by atoms with Crippen LogP contribution in [0.5, 0.6) is 5.75 Å². The SMILES string of the molecule is CCC1CCC(Oc2ccc3ccc(CCCN4CCC(C(=O)O)CC4)cc3c2Cl)CC1. The highest BCUT2D eigenvalue weighted by Crippen LogP contribution is 2.36. The van der Waals surface area contributed by atoms with E-state index in [2.05, 4.69) is 36.1 Å². The van der Waals surface area contributed by atoms with Crippen molar-refractivity contribution < 1.29 is 14.6 Å². The molecule has 1 N–H and O–H groups in total. The number of carbonyl (C=O) groups is 1. The zero-order valence-electron chi connectivity index (χ0n) is 19.2. The Kier molecular flexibility index (Phi) is 7.96. The first-order valence-electron chi connectivity index (χ1n) is 12.4. The molecule has 174 valence electrons. The highest BCUT2D eigenvalue weighted by atomic mass is 35.5. The lowest BCUT2D eigenvalue weighted by molar-refractivity contribution is -0.143. The second-order valence-corrected chi connectivity index (χ2v) is 10.0. The third-order valence-corrected chi connectivity index (χ3v) is 7.92. The number of piperidine rings is 1. The van der Waals surface area contributed by atoms with Crippen molar-refractivity contribution in [1.29, 1.82) is 0 Å². The number of carboxylic acid groups (broad SMARTS) is 1. The average Bonchev–Trinajstić information content (AvgIpc) is 2.82. The van der Waals surface area contributed by atoms with Crippen LogP contribution in [0.4, 0.5) is 0 Å². The van der Waals surface area contributed by atoms with Gasteiger partial charge in [-0.15, -0.1) is 0 Å². The first kappa shape index (κ1) is 23.4. The molecule has 4 rings (SSSR count). The number of likely N-dealkylation sites (tertiary alicyclic amines) is 1. The summed E-state index contributed by atoms with van der Waals surface area (Å²) in [6.45, 7) is 5.08. The average molecular weight is 458 g/mol. The van der Waals surface area contributed by atoms with Crippen molar-refractivity contribution in [2.75, 3.05) is 19.6 Å². The van der Waals surface area contributed by atoms with Gasteiger partial charge in [0.15, 0.2) is 0 Å². The van der Waals surface area contributed by atoms with Gasteiger partial charge in [0.2, 0.25) is 0 Å². The molecule has 0 aromatic heterocycles. The minimum absolute atomic E-state index is 0.160. The lowest BCUT2D eigenvalue weighted by Gasteiger charge is -2.29. The Morgan fingerprint density at radius 1 is 1.09 bits per heavy atom. The second kappa shape index (κ2) is 10.9. The van der Waals surface area contributed by atoms with E-state index in [9.17, 15) is 4.79 Å². The van der Waals surface area contributed by atoms with E-state index >= 15 is 0 Å². The number of aliphatic carboxylic acids is 1. The van der Waals surface area contributed by atoms with E-state index in [0.29, 0.717) is 0 Å². The Balaban J connectivity index is 1.33. The predicted octanol–water partition coefficient (Wildman–Crippen LogP) is 6.57. The molecule has 0 radical (unpaired) electrons. The lowest BCUT2D eigenvalue weighted by atomic mass is 9.86. The minimum Gasteiger partial charge on any atom is -0.489 e. The van der Waals surface area contributed by atoms with E-state index < -0.39 is 5.97 Å². The summed E-state index contributed by atoms with van der Waals surface area (Å²) in [5.74, 6) is 0.868. The van der Waals surface area contributed by atoms with Gasteiger partial charge in [0.1, 0.15) is 5.75 Å². The monoisotopic (exact) mass is 457 g/mol. The van der Waals surface area contributed by atoms with Crippen LogP contribution in [0.25, 0.3) is 10.8 Å². The van der Waals surface area contributed by atoms with Crippen LogP contribution in [0, 0.1) is 11.8 Å². The molecule has 32 heavy (non-hydrogen) atoms. The summed E-state index contributed by atoms with van der Waals surface area (Å²) in [6.07, 6.45) is 9.90. The molecule has 1 saturated heterocycles. The van der Waals surface area contributed by atoms with Crippen LogP contribution in [0.3, 0.4) is 0 Å². The molecule has 0 spiro atoms. The van der Waals surface area contributed by atoms with E-state index in [0.717, 1.165) is 85.6 Å². The summed E-state index contributed by atoms with van der Waals surface area (Å²) in [5, 5.41) is 12.1. The molecule has 0 amide bonds. The lowest BCUT2D eigenvalue weighted by Crippen LogP contribution is -2.36. The molecule has 2 aromatic carbocycles. The van der Waals surface area contributed by atoms with Crippen LogP contribution in [0.15, 0.2) is 30.3 Å². The number of halogens is 1. The third-order valence-electron chi connectivity index (χ3n) is 7.53. The van der Waals surface area contributed by atoms with Crippen LogP contribution in [0.1, 0.15) is 63.9 Å². The highest BCUT2D eigenvalue weighted by Gasteiger charge is 2.24. The van der Waals surface area contributed by atoms with E-state index in [4.69, 9.17) is 21.4 Å². The molecule has 2 aromatic rings. The molecule has 5 heteroatoms. The molecule has 0 unspecified atom stereocenters. The van der Waals surface area contributed by atoms with Crippen molar-refractivity contribution in [2.45, 2.75) is 70.8 Å². The van der Waals surface area contributed by atoms with Gasteiger partial charge in [-0.1, -0.05) is 43.1 Å². The Bertz CT molecular complexity index is 915. The number of benzene rings is 2. The van der Waals surface area contributed by atoms with Crippen LogP contribution >= 0.6 is 11.6 Å². The minimum atomic E-state index is -0.644. The van der Waals surface area contributed by atoms with Crippen molar-refractivity contribution in [1.82, 2.24) is 4.90 Å². The fourth-order valence-corrected chi connectivity index (χ4v) is 5.58. The fraction of sp³-hybridized carbons (Fsp3) is 0.593. The molecule has 1 heterocycles. The Morgan fingerprint density at radius 3 is 2.50 bits per heavy atom. The van der Waals surface area contributed by atoms with Gasteiger partial charge in [-0.3, -0.25) is 4.79 Å². The third kappa shape index (κ3) is 5.77. The smallest absolute Gasteiger partial charge is 0.306 e. The highest BCUT2D eigenvalue weighted by molar-refractivity contribution is 6.37. The van der Waals surface area contributed by atoms with Gasteiger partial charge < -0.3 is 14.7 Å². The second-order valence-electron chi connectivity index (χ2n) is 9.66. The molecule has 0 bridgehead atoms. The zero-order chi connectivity index (χ0) is 22.5. The van der Waals surface area contributed by atoms with Gasteiger partial charge in [0.05, 0.1) is 17.0 Å². The predicted molar refractivity (Wildman–Crippen MR) is 131 cm³/mol. The Morgan fingerprint density at radius 2 is 1.81 bits per heavy atom. The molecule has 1 aliphatic carbocycles. The Labute approximate surface area is 196 Å². The van der Waals surface area contributed by atoms with Crippen molar-refractivity contribution in [2.24, 2.45) is 11.8 Å². The van der Waals surface area contributed by atoms with Crippen LogP contribution in [-0.4, -0.2) is 41.7 Å². The van der Waals surface area contributed by atoms with Gasteiger partial charge >= 0.3 is 5.97 Å². The molecule has 2 fully saturated rings. The van der Waals surface area contributed by atoms with Crippen molar-refractivity contribution in [3.63, 3.8) is 0 Å². The summed E-state index contributed by atoms with van der Waals surface area (Å²) in [7, 11) is 0. The van der Waals surface area contributed by atoms with Crippen molar-refractivity contribution >= 4 is 28.3 Å². The number of hydrogen-bond donors (Lipinski definition) is 1. The topological polar surface area (TPSA) is 49.8 Å². The summed E-state index contributed by atoms with van der Waals surface area (Å²) in [6, 6.07) is 10.7. The van der Waals surface area contributed by atoms with Crippen LogP contribution < -0.4 is 4.74 Å². The maximum Gasteiger partial charge on any atom is 0.306 e. The molecule has 4 nitrogen and oxygen atoms in total. The first-order chi connectivity index (χ1) is 15.5. The Hall–Kier alpha value is -1.78. The molecule has 1 aliphatic heterocycles. The van der Waals surface area contributed by atoms with Crippen LogP contribution in [-0.2, 0) is 11.2 Å². The van der Waals surface area contributed by atoms with E-state index in [1.807, 2.05) is 6.07 Å². The number of carboxylic acids is 1. The molecule has 1 saturated carbocycles. The van der Waals surface area contributed by atoms with Crippen molar-refractivity contribution in [3.8, 4) is 5.75 Å². The quantitative estimate of drug-likeness (QED) is 0.487. The maximum atomic E-state index is 11.1. The maximum absolute atomic E-state index is 11.1. The molecule has 2 aliphatic rings. The van der Waals surface area contributed by atoms with E-state index in [1.54, 1.807) is 0 Å². The number of aryl methyl sites for hydroxylation is 1. The molecule has 0 atom stereocenters. The first-order valence-corrected chi connectivity index (χ1v) is 12.7. The molecular weight excluding hydrogens is 422 g/mol. The number of hydrogen-bond acceptors (Lipinski definition) is 3. The van der Waals surface area contributed by atoms with Gasteiger partial charge in [-0.2, -0.15) is 0 Å².